The second-order valence-corrected chi connectivity index (χ2v) is 5.41. The molecule has 1 aromatic heterocycles. The van der Waals surface area contributed by atoms with Crippen LogP contribution in [0.5, 0.6) is 0 Å². The van der Waals surface area contributed by atoms with Gasteiger partial charge in [-0.05, 0) is 13.8 Å². The van der Waals surface area contributed by atoms with Crippen molar-refractivity contribution in [2.45, 2.75) is 25.6 Å². The van der Waals surface area contributed by atoms with E-state index in [0.29, 0.717) is 11.7 Å². The van der Waals surface area contributed by atoms with Crippen LogP contribution in [0.2, 0.25) is 0 Å². The number of aliphatic hydroxyl groups excluding tert-OH is 1. The molecule has 0 fully saturated rings. The van der Waals surface area contributed by atoms with Crippen LogP contribution in [0.4, 0.5) is 0 Å². The Kier molecular flexibility index (Phi) is 3.83. The lowest BCUT2D eigenvalue weighted by Gasteiger charge is -2.09. The molecule has 0 bridgehead atoms. The molecule has 0 saturated heterocycles. The number of oxazole rings is 1. The minimum absolute atomic E-state index is 0.000509. The number of hydrogen-bond donors (Lipinski definition) is 2. The normalized spacial score (nSPS) is 14.1. The van der Waals surface area contributed by atoms with Crippen LogP contribution in [-0.2, 0) is 16.6 Å². The van der Waals surface area contributed by atoms with Gasteiger partial charge in [0.05, 0.1) is 24.6 Å². The molecule has 0 aliphatic heterocycles. The molecule has 15 heavy (non-hydrogen) atoms. The predicted molar refractivity (Wildman–Crippen MR) is 53.5 cm³/mol. The third kappa shape index (κ3) is 3.29. The number of aryl methyl sites for hydroxylation is 1. The number of aliphatic hydroxyl groups is 1. The lowest BCUT2D eigenvalue weighted by molar-refractivity contribution is 0.294. The third-order valence-corrected chi connectivity index (χ3v) is 3.64. The summed E-state index contributed by atoms with van der Waals surface area (Å²) in [6.07, 6.45) is 1.51. The van der Waals surface area contributed by atoms with Gasteiger partial charge in [0, 0.05) is 0 Å². The van der Waals surface area contributed by atoms with Crippen LogP contribution in [0.3, 0.4) is 0 Å². The molecule has 1 rings (SSSR count). The average Bonchev–Trinajstić information content (AvgIpc) is 2.60. The molecule has 1 atom stereocenters. The topological polar surface area (TPSA) is 92.4 Å². The number of sulfonamides is 1. The van der Waals surface area contributed by atoms with Crippen LogP contribution < -0.4 is 4.72 Å². The maximum atomic E-state index is 11.4. The maximum absolute atomic E-state index is 11.4. The van der Waals surface area contributed by atoms with E-state index in [0.717, 1.165) is 0 Å². The Morgan fingerprint density at radius 1 is 1.67 bits per heavy atom. The molecule has 7 heteroatoms. The lowest BCUT2D eigenvalue weighted by atomic mass is 10.5. The van der Waals surface area contributed by atoms with Crippen LogP contribution in [0.15, 0.2) is 10.6 Å². The summed E-state index contributed by atoms with van der Waals surface area (Å²) in [5.74, 6) is 0.931. The minimum atomic E-state index is -3.50. The van der Waals surface area contributed by atoms with Crippen molar-refractivity contribution in [1.82, 2.24) is 9.71 Å². The molecule has 0 radical (unpaired) electrons. The molecule has 0 spiro atoms. The molecular formula is C8H14N2O4S. The van der Waals surface area contributed by atoms with Gasteiger partial charge in [0.15, 0.2) is 0 Å². The molecule has 0 amide bonds. The van der Waals surface area contributed by atoms with E-state index >= 15 is 0 Å². The number of hydrogen-bond acceptors (Lipinski definition) is 5. The van der Waals surface area contributed by atoms with Gasteiger partial charge in [-0.15, -0.1) is 0 Å². The van der Waals surface area contributed by atoms with E-state index in [1.807, 2.05) is 0 Å². The van der Waals surface area contributed by atoms with Gasteiger partial charge in [-0.25, -0.2) is 18.1 Å². The Labute approximate surface area is 88.4 Å². The first-order valence-corrected chi connectivity index (χ1v) is 6.01. The van der Waals surface area contributed by atoms with Crippen molar-refractivity contribution in [3.8, 4) is 0 Å². The Bertz CT molecular complexity index is 412. The Morgan fingerprint density at radius 2 is 2.33 bits per heavy atom. The Hall–Kier alpha value is -0.920. The zero-order valence-electron chi connectivity index (χ0n) is 8.60. The first-order valence-electron chi connectivity index (χ1n) is 4.46. The van der Waals surface area contributed by atoms with Crippen molar-refractivity contribution < 1.29 is 17.9 Å². The number of nitrogens with zero attached hydrogens (tertiary/aromatic N) is 1. The zero-order valence-corrected chi connectivity index (χ0v) is 9.41. The molecular weight excluding hydrogens is 220 g/mol. The average molecular weight is 234 g/mol. The summed E-state index contributed by atoms with van der Waals surface area (Å²) in [6.45, 7) is 2.73. The van der Waals surface area contributed by atoms with Crippen molar-refractivity contribution in [3.63, 3.8) is 0 Å². The van der Waals surface area contributed by atoms with Gasteiger partial charge < -0.3 is 9.52 Å². The van der Waals surface area contributed by atoms with E-state index in [9.17, 15) is 8.42 Å². The van der Waals surface area contributed by atoms with E-state index in [1.54, 1.807) is 6.92 Å². The molecule has 1 unspecified atom stereocenters. The maximum Gasteiger partial charge on any atom is 0.216 e. The van der Waals surface area contributed by atoms with Gasteiger partial charge in [-0.2, -0.15) is 0 Å². The van der Waals surface area contributed by atoms with E-state index in [-0.39, 0.29) is 6.54 Å². The Balaban J connectivity index is 2.57. The molecule has 0 aromatic carbocycles. The highest BCUT2D eigenvalue weighted by atomic mass is 32.2. The highest BCUT2D eigenvalue weighted by molar-refractivity contribution is 7.90. The summed E-state index contributed by atoms with van der Waals surface area (Å²) >= 11 is 0. The molecule has 6 nitrogen and oxygen atoms in total. The van der Waals surface area contributed by atoms with Gasteiger partial charge in [0.25, 0.3) is 0 Å². The van der Waals surface area contributed by atoms with Crippen molar-refractivity contribution in [3.05, 3.63) is 17.8 Å². The third-order valence-electron chi connectivity index (χ3n) is 1.88. The van der Waals surface area contributed by atoms with E-state index in [4.69, 9.17) is 9.52 Å². The van der Waals surface area contributed by atoms with Crippen molar-refractivity contribution in [2.24, 2.45) is 0 Å². The van der Waals surface area contributed by atoms with Gasteiger partial charge in [-0.1, -0.05) is 0 Å². The fraction of sp³-hybridized carbons (Fsp3) is 0.625. The van der Waals surface area contributed by atoms with E-state index in [2.05, 4.69) is 9.71 Å². The van der Waals surface area contributed by atoms with Crippen LogP contribution in [0, 0.1) is 6.92 Å². The summed E-state index contributed by atoms with van der Waals surface area (Å²) in [5, 5.41) is 7.87. The largest absolute Gasteiger partial charge is 0.445 e. The monoisotopic (exact) mass is 234 g/mol. The second-order valence-electron chi connectivity index (χ2n) is 3.22. The smallest absolute Gasteiger partial charge is 0.216 e. The molecule has 2 N–H and O–H groups in total. The molecule has 1 heterocycles. The fourth-order valence-electron chi connectivity index (χ4n) is 0.886. The Morgan fingerprint density at radius 3 is 2.80 bits per heavy atom. The van der Waals surface area contributed by atoms with Crippen molar-refractivity contribution >= 4 is 10.0 Å². The summed E-state index contributed by atoms with van der Waals surface area (Å²) < 4.78 is 30.2. The summed E-state index contributed by atoms with van der Waals surface area (Å²) in [4.78, 5) is 3.85. The lowest BCUT2D eigenvalue weighted by Crippen LogP contribution is -2.34. The molecule has 0 aliphatic rings. The van der Waals surface area contributed by atoms with Crippen LogP contribution >= 0.6 is 0 Å². The minimum Gasteiger partial charge on any atom is -0.445 e. The molecule has 1 aromatic rings. The highest BCUT2D eigenvalue weighted by Gasteiger charge is 2.19. The van der Waals surface area contributed by atoms with Crippen LogP contribution in [-0.4, -0.2) is 30.4 Å². The standard InChI is InChI=1S/C8H14N2O4S/c1-6-3-9-8(14-6)4-10-15(12,13)7(2)5-11/h3,7,10-11H,4-5H2,1-2H3. The van der Waals surface area contributed by atoms with Gasteiger partial charge in [-0.3, -0.25) is 0 Å². The van der Waals surface area contributed by atoms with Gasteiger partial charge >= 0.3 is 0 Å². The summed E-state index contributed by atoms with van der Waals surface area (Å²) in [7, 11) is -3.50. The number of aromatic nitrogens is 1. The van der Waals surface area contributed by atoms with Crippen molar-refractivity contribution in [1.29, 1.82) is 0 Å². The number of nitrogens with one attached hydrogen (secondary N) is 1. The summed E-state index contributed by atoms with van der Waals surface area (Å²) in [5.41, 5.74) is 0. The van der Waals surface area contributed by atoms with Crippen molar-refractivity contribution in [2.75, 3.05) is 6.61 Å². The van der Waals surface area contributed by atoms with Crippen LogP contribution in [0.25, 0.3) is 0 Å². The molecule has 0 aliphatic carbocycles. The quantitative estimate of drug-likeness (QED) is 0.735. The van der Waals surface area contributed by atoms with E-state index < -0.39 is 21.9 Å². The molecule has 86 valence electrons. The molecule has 0 saturated carbocycles. The summed E-state index contributed by atoms with van der Waals surface area (Å²) in [6, 6.07) is 0. The predicted octanol–water partition coefficient (Wildman–Crippen LogP) is -0.217. The van der Waals surface area contributed by atoms with Crippen LogP contribution in [0.1, 0.15) is 18.6 Å². The van der Waals surface area contributed by atoms with E-state index in [1.165, 1.54) is 13.1 Å². The first kappa shape index (κ1) is 12.2. The first-order chi connectivity index (χ1) is 6.95. The fourth-order valence-corrected chi connectivity index (χ4v) is 1.69. The highest BCUT2D eigenvalue weighted by Crippen LogP contribution is 2.03. The van der Waals surface area contributed by atoms with Gasteiger partial charge in [0.2, 0.25) is 15.9 Å². The number of rotatable bonds is 5. The van der Waals surface area contributed by atoms with Gasteiger partial charge in [0.1, 0.15) is 5.76 Å². The SMILES string of the molecule is Cc1cnc(CNS(=O)(=O)C(C)CO)o1. The second kappa shape index (κ2) is 4.73. The zero-order chi connectivity index (χ0) is 11.5.